The first-order valence-electron chi connectivity index (χ1n) is 7.50. The van der Waals surface area contributed by atoms with Crippen molar-refractivity contribution in [2.75, 3.05) is 0 Å². The maximum absolute atomic E-state index is 12.5. The molecule has 3 N–H and O–H groups in total. The van der Waals surface area contributed by atoms with Crippen LogP contribution in [0.2, 0.25) is 0 Å². The van der Waals surface area contributed by atoms with E-state index in [0.717, 1.165) is 4.57 Å². The molecule has 1 amide bonds. The van der Waals surface area contributed by atoms with Crippen LogP contribution in [-0.2, 0) is 9.59 Å². The summed E-state index contributed by atoms with van der Waals surface area (Å²) in [6.45, 7) is 4.68. The van der Waals surface area contributed by atoms with Gasteiger partial charge in [0.2, 0.25) is 5.91 Å². The highest BCUT2D eigenvalue weighted by atomic mass is 16.4. The van der Waals surface area contributed by atoms with Gasteiger partial charge in [0.05, 0.1) is 10.9 Å². The number of amides is 1. The second-order valence-corrected chi connectivity index (χ2v) is 5.90. The second kappa shape index (κ2) is 6.69. The van der Waals surface area contributed by atoms with Crippen LogP contribution in [0.3, 0.4) is 0 Å². The lowest BCUT2D eigenvalue weighted by Crippen LogP contribution is -2.49. The van der Waals surface area contributed by atoms with E-state index < -0.39 is 35.2 Å². The fourth-order valence-electron chi connectivity index (χ4n) is 2.43. The van der Waals surface area contributed by atoms with Gasteiger partial charge >= 0.3 is 11.7 Å². The molecule has 2 atom stereocenters. The summed E-state index contributed by atoms with van der Waals surface area (Å²) in [5.74, 6) is -2.23. The van der Waals surface area contributed by atoms with Gasteiger partial charge in [-0.1, -0.05) is 26.0 Å². The van der Waals surface area contributed by atoms with Crippen molar-refractivity contribution in [1.82, 2.24) is 14.9 Å². The van der Waals surface area contributed by atoms with Crippen molar-refractivity contribution < 1.29 is 14.7 Å². The molecular formula is C16H19N3O5. The zero-order chi connectivity index (χ0) is 18.0. The maximum Gasteiger partial charge on any atom is 0.329 e. The summed E-state index contributed by atoms with van der Waals surface area (Å²) in [4.78, 5) is 50.7. The topological polar surface area (TPSA) is 121 Å². The molecule has 0 saturated carbocycles. The lowest BCUT2D eigenvalue weighted by Gasteiger charge is -2.21. The largest absolute Gasteiger partial charge is 0.480 e. The van der Waals surface area contributed by atoms with Gasteiger partial charge in [0, 0.05) is 0 Å². The fraction of sp³-hybridized carbons (Fsp3) is 0.375. The molecule has 2 rings (SSSR count). The van der Waals surface area contributed by atoms with Gasteiger partial charge in [0.25, 0.3) is 5.56 Å². The summed E-state index contributed by atoms with van der Waals surface area (Å²) in [5, 5.41) is 11.8. The molecule has 0 spiro atoms. The van der Waals surface area contributed by atoms with Gasteiger partial charge in [-0.15, -0.1) is 0 Å². The Morgan fingerprint density at radius 3 is 2.38 bits per heavy atom. The summed E-state index contributed by atoms with van der Waals surface area (Å²) in [5.41, 5.74) is -0.951. The molecule has 24 heavy (non-hydrogen) atoms. The van der Waals surface area contributed by atoms with Gasteiger partial charge < -0.3 is 15.4 Å². The summed E-state index contributed by atoms with van der Waals surface area (Å²) in [6.07, 6.45) is 0. The Kier molecular flexibility index (Phi) is 4.87. The van der Waals surface area contributed by atoms with Crippen molar-refractivity contribution >= 4 is 22.8 Å². The maximum atomic E-state index is 12.5. The third kappa shape index (κ3) is 3.22. The van der Waals surface area contributed by atoms with Crippen molar-refractivity contribution in [3.63, 3.8) is 0 Å². The molecular weight excluding hydrogens is 314 g/mol. The first-order valence-corrected chi connectivity index (χ1v) is 7.50. The van der Waals surface area contributed by atoms with E-state index in [4.69, 9.17) is 5.11 Å². The molecule has 0 radical (unpaired) electrons. The molecule has 0 saturated heterocycles. The predicted octanol–water partition coefficient (Wildman–Crippen LogP) is 0.476. The van der Waals surface area contributed by atoms with Crippen LogP contribution in [0.4, 0.5) is 0 Å². The van der Waals surface area contributed by atoms with E-state index in [9.17, 15) is 19.2 Å². The molecule has 0 unspecified atom stereocenters. The highest BCUT2D eigenvalue weighted by molar-refractivity contribution is 5.86. The van der Waals surface area contributed by atoms with Crippen molar-refractivity contribution in [2.45, 2.75) is 32.9 Å². The number of para-hydroxylation sites is 1. The summed E-state index contributed by atoms with van der Waals surface area (Å²) < 4.78 is 0.789. The predicted molar refractivity (Wildman–Crippen MR) is 87.9 cm³/mol. The van der Waals surface area contributed by atoms with Crippen LogP contribution in [0, 0.1) is 5.92 Å². The molecule has 0 aliphatic rings. The number of nitrogens with zero attached hydrogens (tertiary/aromatic N) is 1. The molecule has 0 bridgehead atoms. The molecule has 0 aliphatic heterocycles. The Balaban J connectivity index is 2.43. The Morgan fingerprint density at radius 2 is 1.79 bits per heavy atom. The van der Waals surface area contributed by atoms with Gasteiger partial charge in [-0.3, -0.25) is 9.59 Å². The zero-order valence-corrected chi connectivity index (χ0v) is 13.6. The van der Waals surface area contributed by atoms with Crippen LogP contribution in [0.1, 0.15) is 26.8 Å². The van der Waals surface area contributed by atoms with Gasteiger partial charge in [0.15, 0.2) is 0 Å². The highest BCUT2D eigenvalue weighted by Gasteiger charge is 2.27. The number of aliphatic carboxylic acids is 1. The van der Waals surface area contributed by atoms with Gasteiger partial charge in [0.1, 0.15) is 12.1 Å². The van der Waals surface area contributed by atoms with Crippen LogP contribution < -0.4 is 16.6 Å². The number of H-pyrrole nitrogens is 1. The lowest BCUT2D eigenvalue weighted by molar-refractivity contribution is -0.143. The number of benzene rings is 1. The van der Waals surface area contributed by atoms with Crippen LogP contribution >= 0.6 is 0 Å². The second-order valence-electron chi connectivity index (χ2n) is 5.90. The monoisotopic (exact) mass is 333 g/mol. The number of nitrogens with one attached hydrogen (secondary N) is 2. The average Bonchev–Trinajstić information content (AvgIpc) is 2.51. The zero-order valence-electron chi connectivity index (χ0n) is 13.6. The fourth-order valence-corrected chi connectivity index (χ4v) is 2.43. The Hall–Kier alpha value is -2.90. The first kappa shape index (κ1) is 17.5. The highest BCUT2D eigenvalue weighted by Crippen LogP contribution is 2.08. The van der Waals surface area contributed by atoms with Gasteiger partial charge in [-0.05, 0) is 25.0 Å². The van der Waals surface area contributed by atoms with E-state index in [0.29, 0.717) is 5.52 Å². The summed E-state index contributed by atoms with van der Waals surface area (Å²) in [6, 6.07) is 4.21. The van der Waals surface area contributed by atoms with E-state index >= 15 is 0 Å². The number of carbonyl (C=O) groups is 2. The van der Waals surface area contributed by atoms with Crippen molar-refractivity contribution in [2.24, 2.45) is 5.92 Å². The minimum Gasteiger partial charge on any atom is -0.480 e. The van der Waals surface area contributed by atoms with E-state index in [2.05, 4.69) is 10.3 Å². The van der Waals surface area contributed by atoms with Crippen molar-refractivity contribution in [1.29, 1.82) is 0 Å². The third-order valence-corrected chi connectivity index (χ3v) is 3.83. The summed E-state index contributed by atoms with van der Waals surface area (Å²) >= 11 is 0. The Morgan fingerprint density at radius 1 is 1.17 bits per heavy atom. The van der Waals surface area contributed by atoms with E-state index in [1.54, 1.807) is 38.1 Å². The Labute approximate surface area is 137 Å². The number of carbonyl (C=O) groups excluding carboxylic acids is 1. The SMILES string of the molecule is CC(C)[C@@H](NC(=O)[C@@H](C)n1c(=O)[nH]c2ccccc2c1=O)C(=O)O. The standard InChI is InChI=1S/C16H19N3O5/c1-8(2)12(15(22)23)18-13(20)9(3)19-14(21)10-6-4-5-7-11(10)17-16(19)24/h4-9,12H,1-3H3,(H,17,24)(H,18,20)(H,22,23)/t9-,12-/m1/s1. The van der Waals surface area contributed by atoms with Crippen LogP contribution in [0.5, 0.6) is 0 Å². The average molecular weight is 333 g/mol. The van der Waals surface area contributed by atoms with Crippen LogP contribution in [-0.4, -0.2) is 32.6 Å². The molecule has 0 aliphatic carbocycles. The molecule has 0 fully saturated rings. The molecule has 8 heteroatoms. The lowest BCUT2D eigenvalue weighted by atomic mass is 10.0. The van der Waals surface area contributed by atoms with Gasteiger partial charge in [-0.25, -0.2) is 14.2 Å². The third-order valence-electron chi connectivity index (χ3n) is 3.83. The summed E-state index contributed by atoms with van der Waals surface area (Å²) in [7, 11) is 0. The Bertz CT molecular complexity index is 896. The quantitative estimate of drug-likeness (QED) is 0.734. The van der Waals surface area contributed by atoms with Crippen LogP contribution in [0.25, 0.3) is 10.9 Å². The van der Waals surface area contributed by atoms with E-state index in [1.807, 2.05) is 0 Å². The molecule has 1 aromatic carbocycles. The molecule has 8 nitrogen and oxygen atoms in total. The van der Waals surface area contributed by atoms with E-state index in [1.165, 1.54) is 6.92 Å². The van der Waals surface area contributed by atoms with Crippen molar-refractivity contribution in [3.8, 4) is 0 Å². The number of carboxylic acid groups (broad SMARTS) is 1. The van der Waals surface area contributed by atoms with Gasteiger partial charge in [-0.2, -0.15) is 0 Å². The number of aromatic amines is 1. The number of hydrogen-bond acceptors (Lipinski definition) is 4. The van der Waals surface area contributed by atoms with E-state index in [-0.39, 0.29) is 11.3 Å². The molecule has 1 heterocycles. The molecule has 2 aromatic rings. The number of rotatable bonds is 5. The van der Waals surface area contributed by atoms with Crippen LogP contribution in [0.15, 0.2) is 33.9 Å². The molecule has 1 aromatic heterocycles. The minimum absolute atomic E-state index is 0.274. The van der Waals surface area contributed by atoms with Crippen molar-refractivity contribution in [3.05, 3.63) is 45.1 Å². The minimum atomic E-state index is -1.18. The number of fused-ring (bicyclic) bond motifs is 1. The smallest absolute Gasteiger partial charge is 0.329 e. The normalized spacial score (nSPS) is 13.7. The first-order chi connectivity index (χ1) is 11.2. The number of aromatic nitrogens is 2. The number of carboxylic acids is 1. The number of hydrogen-bond donors (Lipinski definition) is 3. The molecule has 128 valence electrons.